The quantitative estimate of drug-likeness (QED) is 0.802. The van der Waals surface area contributed by atoms with Gasteiger partial charge in [0.2, 0.25) is 0 Å². The van der Waals surface area contributed by atoms with Crippen molar-refractivity contribution >= 4 is 40.0 Å². The molecule has 1 aromatic heterocycles. The molecule has 2 N–H and O–H groups in total. The summed E-state index contributed by atoms with van der Waals surface area (Å²) in [6.07, 6.45) is 0. The number of aromatic nitrogens is 2. The number of halogens is 2. The SMILES string of the molecule is Cc1ccc(-n2nc(C(C)C)c(I)c2N)cc1Cl. The van der Waals surface area contributed by atoms with Crippen LogP contribution in [0.1, 0.15) is 31.0 Å². The van der Waals surface area contributed by atoms with Gasteiger partial charge >= 0.3 is 0 Å². The van der Waals surface area contributed by atoms with Gasteiger partial charge in [-0.2, -0.15) is 5.10 Å². The van der Waals surface area contributed by atoms with Crippen LogP contribution in [0.15, 0.2) is 18.2 Å². The Bertz CT molecular complexity index is 590. The first kappa shape index (κ1) is 13.7. The summed E-state index contributed by atoms with van der Waals surface area (Å²) in [7, 11) is 0. The van der Waals surface area contributed by atoms with Crippen LogP contribution in [0.25, 0.3) is 5.69 Å². The second kappa shape index (κ2) is 5.09. The summed E-state index contributed by atoms with van der Waals surface area (Å²) in [4.78, 5) is 0. The minimum absolute atomic E-state index is 0.348. The van der Waals surface area contributed by atoms with Crippen LogP contribution < -0.4 is 5.73 Å². The molecule has 2 rings (SSSR count). The second-order valence-electron chi connectivity index (χ2n) is 4.58. The maximum absolute atomic E-state index is 6.14. The minimum Gasteiger partial charge on any atom is -0.383 e. The van der Waals surface area contributed by atoms with Crippen LogP contribution in [0.2, 0.25) is 5.02 Å². The van der Waals surface area contributed by atoms with Gasteiger partial charge in [-0.3, -0.25) is 0 Å². The zero-order chi connectivity index (χ0) is 13.4. The summed E-state index contributed by atoms with van der Waals surface area (Å²) in [5.74, 6) is 1.01. The van der Waals surface area contributed by atoms with Crippen molar-refractivity contribution in [1.29, 1.82) is 0 Å². The zero-order valence-electron chi connectivity index (χ0n) is 10.5. The van der Waals surface area contributed by atoms with Gasteiger partial charge in [0.15, 0.2) is 0 Å². The number of anilines is 1. The Kier molecular flexibility index (Phi) is 3.87. The van der Waals surface area contributed by atoms with Crippen molar-refractivity contribution in [2.24, 2.45) is 0 Å². The van der Waals surface area contributed by atoms with Gasteiger partial charge in [0.05, 0.1) is 15.0 Å². The van der Waals surface area contributed by atoms with Gasteiger partial charge in [-0.15, -0.1) is 0 Å². The Morgan fingerprint density at radius 3 is 2.56 bits per heavy atom. The third-order valence-corrected chi connectivity index (χ3v) is 4.34. The number of nitrogens with two attached hydrogens (primary N) is 1. The van der Waals surface area contributed by atoms with Crippen molar-refractivity contribution in [2.75, 3.05) is 5.73 Å². The molecule has 0 amide bonds. The molecule has 18 heavy (non-hydrogen) atoms. The zero-order valence-corrected chi connectivity index (χ0v) is 13.5. The molecular formula is C13H15ClIN3. The molecule has 0 radical (unpaired) electrons. The van der Waals surface area contributed by atoms with Crippen LogP contribution in [0.3, 0.4) is 0 Å². The normalized spacial score (nSPS) is 11.2. The summed E-state index contributed by atoms with van der Waals surface area (Å²) < 4.78 is 2.77. The molecule has 1 heterocycles. The first-order chi connectivity index (χ1) is 8.41. The van der Waals surface area contributed by atoms with Crippen molar-refractivity contribution in [1.82, 2.24) is 9.78 Å². The van der Waals surface area contributed by atoms with Crippen LogP contribution in [-0.2, 0) is 0 Å². The van der Waals surface area contributed by atoms with Gasteiger partial charge in [0.25, 0.3) is 0 Å². The fourth-order valence-corrected chi connectivity index (χ4v) is 2.84. The van der Waals surface area contributed by atoms with E-state index in [9.17, 15) is 0 Å². The van der Waals surface area contributed by atoms with E-state index < -0.39 is 0 Å². The fourth-order valence-electron chi connectivity index (χ4n) is 1.71. The summed E-state index contributed by atoms with van der Waals surface area (Å²) in [6, 6.07) is 5.84. The Hall–Kier alpha value is -0.750. The lowest BCUT2D eigenvalue weighted by molar-refractivity contribution is 0.769. The maximum atomic E-state index is 6.14. The predicted octanol–water partition coefficient (Wildman–Crippen LogP) is 4.14. The predicted molar refractivity (Wildman–Crippen MR) is 84.5 cm³/mol. The lowest BCUT2D eigenvalue weighted by Crippen LogP contribution is -2.02. The van der Waals surface area contributed by atoms with Gasteiger partial charge < -0.3 is 5.73 Å². The monoisotopic (exact) mass is 375 g/mol. The molecule has 0 aliphatic rings. The molecule has 5 heteroatoms. The van der Waals surface area contributed by atoms with Crippen molar-refractivity contribution in [3.05, 3.63) is 38.0 Å². The van der Waals surface area contributed by atoms with Crippen LogP contribution in [0.4, 0.5) is 5.82 Å². The van der Waals surface area contributed by atoms with Crippen LogP contribution in [-0.4, -0.2) is 9.78 Å². The molecule has 2 aromatic rings. The summed E-state index contributed by atoms with van der Waals surface area (Å²) in [5, 5.41) is 5.30. The lowest BCUT2D eigenvalue weighted by Gasteiger charge is -2.06. The molecule has 1 aromatic carbocycles. The highest BCUT2D eigenvalue weighted by molar-refractivity contribution is 14.1. The molecule has 96 valence electrons. The van der Waals surface area contributed by atoms with Crippen LogP contribution in [0.5, 0.6) is 0 Å². The number of nitrogen functional groups attached to an aromatic ring is 1. The van der Waals surface area contributed by atoms with Gasteiger partial charge in [0, 0.05) is 5.02 Å². The summed E-state index contributed by atoms with van der Waals surface area (Å²) >= 11 is 8.38. The molecule has 0 spiro atoms. The highest BCUT2D eigenvalue weighted by Crippen LogP contribution is 2.29. The number of benzene rings is 1. The standard InChI is InChI=1S/C13H15ClIN3/c1-7(2)12-11(15)13(16)18(17-12)9-5-4-8(3)10(14)6-9/h4-7H,16H2,1-3H3. The largest absolute Gasteiger partial charge is 0.383 e. The van der Waals surface area contributed by atoms with E-state index in [1.807, 2.05) is 25.1 Å². The molecular weight excluding hydrogens is 361 g/mol. The lowest BCUT2D eigenvalue weighted by atomic mass is 10.1. The van der Waals surface area contributed by atoms with E-state index in [4.69, 9.17) is 17.3 Å². The molecule has 0 saturated carbocycles. The van der Waals surface area contributed by atoms with Gasteiger partial charge in [0.1, 0.15) is 5.82 Å². The van der Waals surface area contributed by atoms with Crippen molar-refractivity contribution in [3.8, 4) is 5.69 Å². The Balaban J connectivity index is 2.57. The van der Waals surface area contributed by atoms with Gasteiger partial charge in [-0.1, -0.05) is 31.5 Å². The van der Waals surface area contributed by atoms with Crippen molar-refractivity contribution in [2.45, 2.75) is 26.7 Å². The molecule has 0 bridgehead atoms. The Morgan fingerprint density at radius 1 is 1.39 bits per heavy atom. The first-order valence-corrected chi connectivity index (χ1v) is 7.18. The van der Waals surface area contributed by atoms with Gasteiger partial charge in [-0.25, -0.2) is 4.68 Å². The van der Waals surface area contributed by atoms with Crippen molar-refractivity contribution < 1.29 is 0 Å². The molecule has 0 saturated heterocycles. The number of nitrogens with zero attached hydrogens (tertiary/aromatic N) is 2. The van der Waals surface area contributed by atoms with Crippen LogP contribution >= 0.6 is 34.2 Å². The third kappa shape index (κ3) is 2.36. The molecule has 0 atom stereocenters. The van der Waals surface area contributed by atoms with E-state index in [0.29, 0.717) is 11.7 Å². The van der Waals surface area contributed by atoms with E-state index in [2.05, 4.69) is 41.5 Å². The molecule has 3 nitrogen and oxygen atoms in total. The summed E-state index contributed by atoms with van der Waals surface area (Å²) in [5.41, 5.74) is 9.07. The van der Waals surface area contributed by atoms with E-state index >= 15 is 0 Å². The first-order valence-electron chi connectivity index (χ1n) is 5.72. The number of aryl methyl sites for hydroxylation is 1. The molecule has 0 unspecified atom stereocenters. The Morgan fingerprint density at radius 2 is 2.06 bits per heavy atom. The average Bonchev–Trinajstić information content (AvgIpc) is 2.60. The second-order valence-corrected chi connectivity index (χ2v) is 6.07. The van der Waals surface area contributed by atoms with Gasteiger partial charge in [-0.05, 0) is 53.1 Å². The Labute approximate surface area is 125 Å². The van der Waals surface area contributed by atoms with E-state index in [1.165, 1.54) is 0 Å². The highest BCUT2D eigenvalue weighted by Gasteiger charge is 2.16. The average molecular weight is 376 g/mol. The molecule has 0 aliphatic heterocycles. The smallest absolute Gasteiger partial charge is 0.141 e. The van der Waals surface area contributed by atoms with Crippen LogP contribution in [0, 0.1) is 10.5 Å². The fraction of sp³-hybridized carbons (Fsp3) is 0.308. The van der Waals surface area contributed by atoms with E-state index in [0.717, 1.165) is 25.5 Å². The van der Waals surface area contributed by atoms with E-state index in [-0.39, 0.29) is 0 Å². The number of hydrogen-bond acceptors (Lipinski definition) is 2. The molecule has 0 aliphatic carbocycles. The third-order valence-electron chi connectivity index (χ3n) is 2.83. The van der Waals surface area contributed by atoms with Crippen molar-refractivity contribution in [3.63, 3.8) is 0 Å². The number of rotatable bonds is 2. The topological polar surface area (TPSA) is 43.8 Å². The summed E-state index contributed by atoms with van der Waals surface area (Å²) in [6.45, 7) is 6.19. The van der Waals surface area contributed by atoms with E-state index in [1.54, 1.807) is 4.68 Å². The maximum Gasteiger partial charge on any atom is 0.141 e. The number of hydrogen-bond donors (Lipinski definition) is 1. The molecule has 0 fully saturated rings. The minimum atomic E-state index is 0.348. The highest BCUT2D eigenvalue weighted by atomic mass is 127.